The lowest BCUT2D eigenvalue weighted by atomic mass is 9.98. The Morgan fingerprint density at radius 2 is 1.71 bits per heavy atom. The van der Waals surface area contributed by atoms with Crippen LogP contribution in [0.2, 0.25) is 0 Å². The van der Waals surface area contributed by atoms with Gasteiger partial charge >= 0.3 is 5.97 Å². The van der Waals surface area contributed by atoms with Crippen LogP contribution in [-0.4, -0.2) is 29.1 Å². The Morgan fingerprint density at radius 1 is 1.00 bits per heavy atom. The summed E-state index contributed by atoms with van der Waals surface area (Å²) in [6.45, 7) is 5.90. The highest BCUT2D eigenvalue weighted by molar-refractivity contribution is 5.94. The van der Waals surface area contributed by atoms with Gasteiger partial charge in [-0.05, 0) is 55.2 Å². The van der Waals surface area contributed by atoms with Crippen LogP contribution in [0.3, 0.4) is 0 Å². The lowest BCUT2D eigenvalue weighted by Crippen LogP contribution is -2.31. The highest BCUT2D eigenvalue weighted by Gasteiger charge is 2.22. The van der Waals surface area contributed by atoms with Crippen LogP contribution in [-0.2, 0) is 4.79 Å². The molecule has 2 aromatic carbocycles. The van der Waals surface area contributed by atoms with Crippen LogP contribution in [0.5, 0.6) is 5.75 Å². The molecule has 0 aliphatic heterocycles. The molecule has 31 heavy (non-hydrogen) atoms. The topological polar surface area (TPSA) is 88.5 Å². The third-order valence-corrected chi connectivity index (χ3v) is 5.42. The third-order valence-electron chi connectivity index (χ3n) is 5.42. The zero-order chi connectivity index (χ0) is 22.5. The molecule has 1 aromatic heterocycles. The number of hydrogen-bond donors (Lipinski definition) is 2. The van der Waals surface area contributed by atoms with E-state index in [4.69, 9.17) is 4.74 Å². The SMILES string of the molecule is COc1ccc(C(=O)NC(CC(=O)O)c2ccccc2C)nc1-c1cccc(C)c1C. The second-order valence-electron chi connectivity index (χ2n) is 7.48. The first-order valence-corrected chi connectivity index (χ1v) is 10.0. The van der Waals surface area contributed by atoms with Crippen molar-refractivity contribution in [3.05, 3.63) is 82.5 Å². The average Bonchev–Trinajstić information content (AvgIpc) is 2.74. The van der Waals surface area contributed by atoms with Crippen molar-refractivity contribution in [3.8, 4) is 17.0 Å². The van der Waals surface area contributed by atoms with Gasteiger partial charge < -0.3 is 15.2 Å². The fourth-order valence-electron chi connectivity index (χ4n) is 3.56. The van der Waals surface area contributed by atoms with Crippen molar-refractivity contribution in [3.63, 3.8) is 0 Å². The maximum Gasteiger partial charge on any atom is 0.305 e. The van der Waals surface area contributed by atoms with Gasteiger partial charge in [0, 0.05) is 5.56 Å². The molecule has 3 rings (SSSR count). The number of ether oxygens (including phenoxy) is 1. The zero-order valence-corrected chi connectivity index (χ0v) is 18.1. The van der Waals surface area contributed by atoms with E-state index in [1.807, 2.05) is 63.2 Å². The Kier molecular flexibility index (Phi) is 6.70. The highest BCUT2D eigenvalue weighted by atomic mass is 16.5. The molecule has 0 radical (unpaired) electrons. The van der Waals surface area contributed by atoms with Crippen molar-refractivity contribution in [2.75, 3.05) is 7.11 Å². The highest BCUT2D eigenvalue weighted by Crippen LogP contribution is 2.32. The number of nitrogens with zero attached hydrogens (tertiary/aromatic N) is 1. The standard InChI is InChI=1S/C25H26N2O4/c1-15-9-7-11-19(17(15)3)24-22(31-4)13-12-20(26-24)25(30)27-21(14-23(28)29)18-10-6-5-8-16(18)2/h5-13,21H,14H2,1-4H3,(H,27,30)(H,28,29). The number of amides is 1. The molecule has 160 valence electrons. The van der Waals surface area contributed by atoms with Gasteiger partial charge in [-0.2, -0.15) is 0 Å². The Morgan fingerprint density at radius 3 is 2.39 bits per heavy atom. The Bertz CT molecular complexity index is 1120. The summed E-state index contributed by atoms with van der Waals surface area (Å²) in [6, 6.07) is 15.9. The summed E-state index contributed by atoms with van der Waals surface area (Å²) in [6.07, 6.45) is -0.226. The monoisotopic (exact) mass is 418 g/mol. The molecule has 2 N–H and O–H groups in total. The van der Waals surface area contributed by atoms with E-state index in [0.29, 0.717) is 11.4 Å². The molecule has 1 amide bonds. The molecule has 6 heteroatoms. The van der Waals surface area contributed by atoms with Crippen LogP contribution in [0, 0.1) is 20.8 Å². The number of carboxylic acids is 1. The van der Waals surface area contributed by atoms with E-state index >= 15 is 0 Å². The van der Waals surface area contributed by atoms with Crippen LogP contribution in [0.25, 0.3) is 11.3 Å². The normalized spacial score (nSPS) is 11.6. The van der Waals surface area contributed by atoms with Crippen LogP contribution < -0.4 is 10.1 Å². The predicted molar refractivity (Wildman–Crippen MR) is 119 cm³/mol. The van der Waals surface area contributed by atoms with Gasteiger partial charge in [0.2, 0.25) is 0 Å². The number of carbonyl (C=O) groups is 2. The van der Waals surface area contributed by atoms with E-state index in [1.165, 1.54) is 0 Å². The molecule has 1 heterocycles. The molecule has 0 aliphatic rings. The van der Waals surface area contributed by atoms with E-state index in [0.717, 1.165) is 27.8 Å². The molecule has 0 aliphatic carbocycles. The van der Waals surface area contributed by atoms with Crippen LogP contribution in [0.4, 0.5) is 0 Å². The van der Waals surface area contributed by atoms with Gasteiger partial charge in [0.25, 0.3) is 5.91 Å². The molecule has 0 saturated heterocycles. The van der Waals surface area contributed by atoms with Crippen LogP contribution in [0.15, 0.2) is 54.6 Å². The largest absolute Gasteiger partial charge is 0.494 e. The molecule has 0 saturated carbocycles. The van der Waals surface area contributed by atoms with Crippen LogP contribution in [0.1, 0.15) is 45.2 Å². The van der Waals surface area contributed by atoms with E-state index in [-0.39, 0.29) is 12.1 Å². The lowest BCUT2D eigenvalue weighted by molar-refractivity contribution is -0.137. The number of nitrogens with one attached hydrogen (secondary N) is 1. The van der Waals surface area contributed by atoms with Crippen molar-refractivity contribution in [1.82, 2.24) is 10.3 Å². The number of benzene rings is 2. The van der Waals surface area contributed by atoms with Crippen molar-refractivity contribution in [1.29, 1.82) is 0 Å². The number of methoxy groups -OCH3 is 1. The molecule has 0 fully saturated rings. The summed E-state index contributed by atoms with van der Waals surface area (Å²) < 4.78 is 5.48. The first kappa shape index (κ1) is 22.0. The maximum absolute atomic E-state index is 13.0. The van der Waals surface area contributed by atoms with Gasteiger partial charge in [0.05, 0.1) is 19.6 Å². The number of carboxylic acid groups (broad SMARTS) is 1. The molecule has 0 spiro atoms. The van der Waals surface area contributed by atoms with Gasteiger partial charge in [0.1, 0.15) is 17.1 Å². The third kappa shape index (κ3) is 4.91. The predicted octanol–water partition coefficient (Wildman–Crippen LogP) is 4.63. The van der Waals surface area contributed by atoms with Crippen molar-refractivity contribution >= 4 is 11.9 Å². The number of hydrogen-bond acceptors (Lipinski definition) is 4. The van der Waals surface area contributed by atoms with Gasteiger partial charge in [0.15, 0.2) is 0 Å². The van der Waals surface area contributed by atoms with Gasteiger partial charge in [-0.15, -0.1) is 0 Å². The molecule has 0 bridgehead atoms. The second-order valence-corrected chi connectivity index (χ2v) is 7.48. The van der Waals surface area contributed by atoms with Crippen molar-refractivity contribution in [2.45, 2.75) is 33.2 Å². The molecule has 6 nitrogen and oxygen atoms in total. The van der Waals surface area contributed by atoms with E-state index in [2.05, 4.69) is 10.3 Å². The fourth-order valence-corrected chi connectivity index (χ4v) is 3.56. The number of aryl methyl sites for hydroxylation is 2. The van der Waals surface area contributed by atoms with Gasteiger partial charge in [-0.1, -0.05) is 42.5 Å². The second kappa shape index (κ2) is 9.43. The number of pyridine rings is 1. The smallest absolute Gasteiger partial charge is 0.305 e. The molecule has 3 aromatic rings. The molecule has 1 atom stereocenters. The number of aromatic nitrogens is 1. The Hall–Kier alpha value is -3.67. The molecular weight excluding hydrogens is 392 g/mol. The number of carbonyl (C=O) groups excluding carboxylic acids is 1. The van der Waals surface area contributed by atoms with E-state index in [1.54, 1.807) is 19.2 Å². The minimum atomic E-state index is -0.993. The average molecular weight is 418 g/mol. The first-order valence-electron chi connectivity index (χ1n) is 10.0. The quantitative estimate of drug-likeness (QED) is 0.584. The number of aliphatic carboxylic acids is 1. The van der Waals surface area contributed by atoms with Crippen LogP contribution >= 0.6 is 0 Å². The number of rotatable bonds is 7. The Balaban J connectivity index is 1.98. The summed E-state index contributed by atoms with van der Waals surface area (Å²) in [5.74, 6) is -0.873. The minimum Gasteiger partial charge on any atom is -0.494 e. The summed E-state index contributed by atoms with van der Waals surface area (Å²) in [5, 5.41) is 12.2. The minimum absolute atomic E-state index is 0.195. The first-order chi connectivity index (χ1) is 14.8. The van der Waals surface area contributed by atoms with Crippen molar-refractivity contribution in [2.24, 2.45) is 0 Å². The Labute approximate surface area is 181 Å². The summed E-state index contributed by atoms with van der Waals surface area (Å²) in [5.41, 5.74) is 5.48. The van der Waals surface area contributed by atoms with Gasteiger partial charge in [-0.25, -0.2) is 4.98 Å². The summed E-state index contributed by atoms with van der Waals surface area (Å²) in [4.78, 5) is 29.0. The molecule has 1 unspecified atom stereocenters. The van der Waals surface area contributed by atoms with Crippen molar-refractivity contribution < 1.29 is 19.4 Å². The summed E-state index contributed by atoms with van der Waals surface area (Å²) in [7, 11) is 1.56. The molecular formula is C25H26N2O4. The zero-order valence-electron chi connectivity index (χ0n) is 18.1. The van der Waals surface area contributed by atoms with Gasteiger partial charge in [-0.3, -0.25) is 9.59 Å². The lowest BCUT2D eigenvalue weighted by Gasteiger charge is -2.20. The van der Waals surface area contributed by atoms with E-state index in [9.17, 15) is 14.7 Å². The summed E-state index contributed by atoms with van der Waals surface area (Å²) >= 11 is 0. The van der Waals surface area contributed by atoms with E-state index < -0.39 is 17.9 Å². The maximum atomic E-state index is 13.0. The fraction of sp³-hybridized carbons (Fsp3) is 0.240.